The van der Waals surface area contributed by atoms with E-state index in [9.17, 15) is 9.59 Å². The van der Waals surface area contributed by atoms with E-state index < -0.39 is 12.1 Å². The van der Waals surface area contributed by atoms with Crippen LogP contribution in [-0.2, 0) is 9.59 Å². The average molecular weight is 349 g/mol. The zero-order valence-electron chi connectivity index (χ0n) is 14.2. The molecule has 136 valence electrons. The molecule has 0 aliphatic heterocycles. The van der Waals surface area contributed by atoms with Crippen LogP contribution >= 0.6 is 12.0 Å². The van der Waals surface area contributed by atoms with Crippen LogP contribution in [-0.4, -0.2) is 47.3 Å². The second kappa shape index (κ2) is 13.6. The van der Waals surface area contributed by atoms with Gasteiger partial charge in [0.1, 0.15) is 6.04 Å². The van der Waals surface area contributed by atoms with Crippen molar-refractivity contribution in [3.05, 3.63) is 0 Å². The fraction of sp³-hybridized carbons (Fsp3) is 0.867. The molecule has 0 spiro atoms. The maximum atomic E-state index is 12.2. The molecule has 0 aliphatic rings. The van der Waals surface area contributed by atoms with Crippen LogP contribution in [0.15, 0.2) is 0 Å². The van der Waals surface area contributed by atoms with Crippen molar-refractivity contribution < 1.29 is 14.1 Å². The van der Waals surface area contributed by atoms with E-state index in [1.54, 1.807) is 0 Å². The van der Waals surface area contributed by atoms with Crippen molar-refractivity contribution in [3.63, 3.8) is 0 Å². The average Bonchev–Trinajstić information content (AvgIpc) is 2.50. The molecule has 0 bridgehead atoms. The number of hydrogen-bond donors (Lipinski definition) is 5. The van der Waals surface area contributed by atoms with Crippen LogP contribution in [0.2, 0.25) is 0 Å². The molecule has 0 fully saturated rings. The number of carbonyl (C=O) groups is 2. The van der Waals surface area contributed by atoms with Gasteiger partial charge in [0.25, 0.3) is 0 Å². The number of hydrogen-bond acceptors (Lipinski definition) is 6. The van der Waals surface area contributed by atoms with E-state index in [0.29, 0.717) is 38.1 Å². The molecular formula is C15H32N4O3S. The molecule has 8 heteroatoms. The normalized spacial score (nSPS) is 13.7. The van der Waals surface area contributed by atoms with E-state index in [0.717, 1.165) is 24.9 Å². The number of nitrogens with one attached hydrogen (secondary N) is 2. The van der Waals surface area contributed by atoms with Crippen molar-refractivity contribution in [2.24, 2.45) is 17.4 Å². The summed E-state index contributed by atoms with van der Waals surface area (Å²) < 4.78 is 8.65. The molecule has 2 atom stereocenters. The van der Waals surface area contributed by atoms with E-state index in [1.807, 2.05) is 13.8 Å². The van der Waals surface area contributed by atoms with Crippen LogP contribution in [0.25, 0.3) is 0 Å². The minimum atomic E-state index is -0.616. The number of rotatable bonds is 13. The summed E-state index contributed by atoms with van der Waals surface area (Å²) in [6.07, 6.45) is 3.42. The van der Waals surface area contributed by atoms with Crippen LogP contribution in [0.1, 0.15) is 46.0 Å². The van der Waals surface area contributed by atoms with Crippen LogP contribution < -0.4 is 22.1 Å². The summed E-state index contributed by atoms with van der Waals surface area (Å²) >= 11 is 0.750. The molecule has 0 rings (SSSR count). The van der Waals surface area contributed by atoms with E-state index in [-0.39, 0.29) is 17.7 Å². The largest absolute Gasteiger partial charge is 0.354 e. The molecule has 7 N–H and O–H groups in total. The number of carbonyl (C=O) groups excluding carboxylic acids is 2. The van der Waals surface area contributed by atoms with E-state index in [4.69, 9.17) is 16.0 Å². The first-order valence-corrected chi connectivity index (χ1v) is 9.16. The second-order valence-corrected chi connectivity index (χ2v) is 6.73. The lowest BCUT2D eigenvalue weighted by atomic mass is 10.0. The first kappa shape index (κ1) is 22.2. The van der Waals surface area contributed by atoms with Crippen LogP contribution in [0.3, 0.4) is 0 Å². The Kier molecular flexibility index (Phi) is 13.1. The van der Waals surface area contributed by atoms with Crippen molar-refractivity contribution in [3.8, 4) is 0 Å². The summed E-state index contributed by atoms with van der Waals surface area (Å²) in [6.45, 7) is 5.05. The second-order valence-electron chi connectivity index (χ2n) is 6.06. The number of amides is 2. The van der Waals surface area contributed by atoms with Gasteiger partial charge in [0.2, 0.25) is 11.8 Å². The van der Waals surface area contributed by atoms with E-state index in [2.05, 4.69) is 10.6 Å². The van der Waals surface area contributed by atoms with Gasteiger partial charge in [-0.1, -0.05) is 20.3 Å². The van der Waals surface area contributed by atoms with Gasteiger partial charge in [-0.15, -0.1) is 0 Å². The Hall–Kier alpha value is -0.830. The highest BCUT2D eigenvalue weighted by atomic mass is 32.2. The Morgan fingerprint density at radius 1 is 1.17 bits per heavy atom. The number of unbranched alkanes of at least 4 members (excludes halogenated alkanes) is 1. The van der Waals surface area contributed by atoms with Gasteiger partial charge in [-0.3, -0.25) is 9.59 Å². The van der Waals surface area contributed by atoms with Crippen molar-refractivity contribution in [1.29, 1.82) is 0 Å². The third-order valence-electron chi connectivity index (χ3n) is 3.36. The van der Waals surface area contributed by atoms with Gasteiger partial charge in [-0.2, -0.15) is 0 Å². The maximum absolute atomic E-state index is 12.2. The van der Waals surface area contributed by atoms with Crippen LogP contribution in [0, 0.1) is 5.92 Å². The monoisotopic (exact) mass is 348 g/mol. The first-order valence-electron chi connectivity index (χ1n) is 8.22. The third-order valence-corrected chi connectivity index (χ3v) is 3.83. The summed E-state index contributed by atoms with van der Waals surface area (Å²) in [5.74, 6) is 0.332. The quantitative estimate of drug-likeness (QED) is 0.246. The predicted molar refractivity (Wildman–Crippen MR) is 95.0 cm³/mol. The molecule has 2 amide bonds. The lowest BCUT2D eigenvalue weighted by Crippen LogP contribution is -2.52. The fourth-order valence-electron chi connectivity index (χ4n) is 2.09. The van der Waals surface area contributed by atoms with Crippen molar-refractivity contribution in [1.82, 2.24) is 10.6 Å². The highest BCUT2D eigenvalue weighted by molar-refractivity contribution is 7.93. The van der Waals surface area contributed by atoms with Gasteiger partial charge in [0.05, 0.1) is 6.04 Å². The SMILES string of the molecule is CC(C)C[C@H](NC(=O)[C@@H](N)CCCCN)C(=O)NCCCSO. The zero-order chi connectivity index (χ0) is 17.7. The Morgan fingerprint density at radius 3 is 2.43 bits per heavy atom. The lowest BCUT2D eigenvalue weighted by molar-refractivity contribution is -0.130. The highest BCUT2D eigenvalue weighted by Gasteiger charge is 2.24. The predicted octanol–water partition coefficient (Wildman–Crippen LogP) is 0.686. The van der Waals surface area contributed by atoms with E-state index >= 15 is 0 Å². The molecule has 0 radical (unpaired) electrons. The van der Waals surface area contributed by atoms with Crippen LogP contribution in [0.5, 0.6) is 0 Å². The molecule has 0 saturated heterocycles. The molecule has 0 unspecified atom stereocenters. The minimum absolute atomic E-state index is 0.204. The molecule has 23 heavy (non-hydrogen) atoms. The van der Waals surface area contributed by atoms with Crippen molar-refractivity contribution in [2.45, 2.75) is 58.0 Å². The molecule has 0 saturated carbocycles. The molecule has 7 nitrogen and oxygen atoms in total. The molecule has 0 aromatic heterocycles. The molecule has 0 aliphatic carbocycles. The summed E-state index contributed by atoms with van der Waals surface area (Å²) in [6, 6.07) is -1.19. The van der Waals surface area contributed by atoms with Gasteiger partial charge in [0.15, 0.2) is 0 Å². The fourth-order valence-corrected chi connectivity index (χ4v) is 2.37. The van der Waals surface area contributed by atoms with Crippen molar-refractivity contribution in [2.75, 3.05) is 18.8 Å². The minimum Gasteiger partial charge on any atom is -0.354 e. The third kappa shape index (κ3) is 11.4. The van der Waals surface area contributed by atoms with Gasteiger partial charge >= 0.3 is 0 Å². The Morgan fingerprint density at radius 2 is 1.87 bits per heavy atom. The Balaban J connectivity index is 4.40. The summed E-state index contributed by atoms with van der Waals surface area (Å²) in [4.78, 5) is 24.3. The highest BCUT2D eigenvalue weighted by Crippen LogP contribution is 2.06. The molecule has 0 aromatic carbocycles. The van der Waals surface area contributed by atoms with Gasteiger partial charge in [-0.05, 0) is 50.2 Å². The van der Waals surface area contributed by atoms with Gasteiger partial charge in [-0.25, -0.2) is 0 Å². The van der Waals surface area contributed by atoms with Gasteiger partial charge in [0, 0.05) is 12.3 Å². The summed E-state index contributed by atoms with van der Waals surface area (Å²) in [5.41, 5.74) is 11.3. The standard InChI is InChI=1S/C15H32N4O3S/c1-11(2)10-13(15(21)18-8-5-9-23-22)19-14(20)12(17)6-3-4-7-16/h11-13,22H,3-10,16-17H2,1-2H3,(H,18,21)(H,19,20)/t12-,13-/m0/s1. The first-order chi connectivity index (χ1) is 10.9. The van der Waals surface area contributed by atoms with Crippen molar-refractivity contribution >= 4 is 23.9 Å². The number of nitrogens with two attached hydrogens (primary N) is 2. The molecule has 0 heterocycles. The maximum Gasteiger partial charge on any atom is 0.242 e. The molecule has 0 aromatic rings. The lowest BCUT2D eigenvalue weighted by Gasteiger charge is -2.22. The summed E-state index contributed by atoms with van der Waals surface area (Å²) in [5, 5.41) is 5.54. The zero-order valence-corrected chi connectivity index (χ0v) is 15.0. The smallest absolute Gasteiger partial charge is 0.242 e. The molecular weight excluding hydrogens is 316 g/mol. The van der Waals surface area contributed by atoms with Crippen LogP contribution in [0.4, 0.5) is 0 Å². The van der Waals surface area contributed by atoms with Gasteiger partial charge < -0.3 is 26.7 Å². The van der Waals surface area contributed by atoms with E-state index in [1.165, 1.54) is 0 Å². The summed E-state index contributed by atoms with van der Waals surface area (Å²) in [7, 11) is 0. The Bertz CT molecular complexity index is 343. The topological polar surface area (TPSA) is 130 Å². The Labute approximate surface area is 143 Å².